The number of rotatable bonds is 8. The monoisotopic (exact) mass is 392 g/mol. The highest BCUT2D eigenvalue weighted by Gasteiger charge is 2.30. The van der Waals surface area contributed by atoms with Crippen LogP contribution < -0.4 is 0 Å². The Kier molecular flexibility index (Phi) is 7.80. The van der Waals surface area contributed by atoms with Gasteiger partial charge < -0.3 is 9.47 Å². The van der Waals surface area contributed by atoms with Gasteiger partial charge in [-0.15, -0.1) is 0 Å². The maximum atomic E-state index is 12.3. The summed E-state index contributed by atoms with van der Waals surface area (Å²) in [6.45, 7) is -0.184. The van der Waals surface area contributed by atoms with E-state index in [9.17, 15) is 22.8 Å². The highest BCUT2D eigenvalue weighted by Crippen LogP contribution is 2.19. The van der Waals surface area contributed by atoms with Crippen LogP contribution in [0.15, 0.2) is 72.8 Å². The van der Waals surface area contributed by atoms with Crippen LogP contribution in [0.25, 0.3) is 0 Å². The molecule has 7 heteroatoms. The van der Waals surface area contributed by atoms with Crippen molar-refractivity contribution in [2.24, 2.45) is 5.92 Å². The van der Waals surface area contributed by atoms with E-state index < -0.39 is 30.5 Å². The van der Waals surface area contributed by atoms with Gasteiger partial charge in [0.05, 0.1) is 0 Å². The van der Waals surface area contributed by atoms with Gasteiger partial charge in [0.2, 0.25) is 0 Å². The highest BCUT2D eigenvalue weighted by molar-refractivity contribution is 5.95. The number of hydrogen-bond donors (Lipinski definition) is 0. The van der Waals surface area contributed by atoms with E-state index >= 15 is 0 Å². The lowest BCUT2D eigenvalue weighted by Crippen LogP contribution is -2.27. The van der Waals surface area contributed by atoms with Crippen LogP contribution in [-0.2, 0) is 32.3 Å². The number of halogens is 3. The summed E-state index contributed by atoms with van der Waals surface area (Å²) in [5, 5.41) is 0. The first-order valence-corrected chi connectivity index (χ1v) is 8.51. The average molecular weight is 392 g/mol. The molecular weight excluding hydrogens is 373 g/mol. The first-order valence-electron chi connectivity index (χ1n) is 8.51. The lowest BCUT2D eigenvalue weighted by Gasteiger charge is -2.14. The molecule has 0 spiro atoms. The van der Waals surface area contributed by atoms with Crippen LogP contribution in [0.2, 0.25) is 0 Å². The standard InChI is InChI=1S/C21H19F3O4/c22-21(23,24)13-7-12-18(19(25)27-14-16-8-3-1-4-9-16)20(26)28-15-17-10-5-2-6-11-17/h1-11,13,18H,12,14-15H2/b13-7+. The molecule has 0 amide bonds. The Bertz CT molecular complexity index is 731. The number of alkyl halides is 3. The lowest BCUT2D eigenvalue weighted by molar-refractivity contribution is -0.163. The van der Waals surface area contributed by atoms with Crippen LogP contribution in [0.3, 0.4) is 0 Å². The molecular formula is C21H19F3O4. The summed E-state index contributed by atoms with van der Waals surface area (Å²) in [5.41, 5.74) is 1.39. The predicted molar refractivity (Wildman–Crippen MR) is 95.8 cm³/mol. The average Bonchev–Trinajstić information content (AvgIpc) is 2.68. The van der Waals surface area contributed by atoms with Gasteiger partial charge in [-0.05, 0) is 17.5 Å². The second-order valence-corrected chi connectivity index (χ2v) is 5.92. The van der Waals surface area contributed by atoms with Crippen molar-refractivity contribution < 1.29 is 32.2 Å². The van der Waals surface area contributed by atoms with Gasteiger partial charge in [0.25, 0.3) is 0 Å². The topological polar surface area (TPSA) is 52.6 Å². The fourth-order valence-electron chi connectivity index (χ4n) is 2.29. The third-order valence-corrected chi connectivity index (χ3v) is 3.70. The largest absolute Gasteiger partial charge is 0.460 e. The molecule has 0 heterocycles. The minimum absolute atomic E-state index is 0.0189. The molecule has 0 saturated heterocycles. The first-order chi connectivity index (χ1) is 13.3. The van der Waals surface area contributed by atoms with E-state index in [1.807, 2.05) is 0 Å². The molecule has 0 atom stereocenters. The van der Waals surface area contributed by atoms with Crippen molar-refractivity contribution >= 4 is 11.9 Å². The minimum atomic E-state index is -4.54. The van der Waals surface area contributed by atoms with Crippen LogP contribution in [0.5, 0.6) is 0 Å². The van der Waals surface area contributed by atoms with Gasteiger partial charge in [-0.3, -0.25) is 9.59 Å². The molecule has 0 fully saturated rings. The second kappa shape index (κ2) is 10.3. The fourth-order valence-corrected chi connectivity index (χ4v) is 2.29. The van der Waals surface area contributed by atoms with Crippen molar-refractivity contribution in [3.8, 4) is 0 Å². The lowest BCUT2D eigenvalue weighted by atomic mass is 10.1. The molecule has 0 aromatic heterocycles. The summed E-state index contributed by atoms with van der Waals surface area (Å²) < 4.78 is 47.2. The van der Waals surface area contributed by atoms with Crippen molar-refractivity contribution in [1.29, 1.82) is 0 Å². The van der Waals surface area contributed by atoms with Crippen molar-refractivity contribution in [2.45, 2.75) is 25.8 Å². The van der Waals surface area contributed by atoms with Gasteiger partial charge in [-0.2, -0.15) is 13.2 Å². The minimum Gasteiger partial charge on any atom is -0.460 e. The summed E-state index contributed by atoms with van der Waals surface area (Å²) in [6, 6.07) is 17.5. The number of hydrogen-bond acceptors (Lipinski definition) is 4. The smallest absolute Gasteiger partial charge is 0.409 e. The van der Waals surface area contributed by atoms with Crippen LogP contribution in [-0.4, -0.2) is 18.1 Å². The quantitative estimate of drug-likeness (QED) is 0.374. The maximum Gasteiger partial charge on any atom is 0.409 e. The molecule has 28 heavy (non-hydrogen) atoms. The van der Waals surface area contributed by atoms with Gasteiger partial charge >= 0.3 is 18.1 Å². The van der Waals surface area contributed by atoms with Crippen molar-refractivity contribution in [2.75, 3.05) is 0 Å². The summed E-state index contributed by atoms with van der Waals surface area (Å²) in [4.78, 5) is 24.6. The van der Waals surface area contributed by atoms with E-state index in [0.29, 0.717) is 11.1 Å². The number of allylic oxidation sites excluding steroid dienone is 2. The fraction of sp³-hybridized carbons (Fsp3) is 0.238. The Balaban J connectivity index is 2.00. The van der Waals surface area contributed by atoms with E-state index in [2.05, 4.69) is 0 Å². The van der Waals surface area contributed by atoms with E-state index in [-0.39, 0.29) is 19.3 Å². The van der Waals surface area contributed by atoms with Gasteiger partial charge in [0.15, 0.2) is 5.92 Å². The molecule has 148 valence electrons. The number of carbonyl (C=O) groups excluding carboxylic acids is 2. The molecule has 0 radical (unpaired) electrons. The Morgan fingerprint density at radius 3 is 1.64 bits per heavy atom. The van der Waals surface area contributed by atoms with Crippen molar-refractivity contribution in [3.05, 3.63) is 83.9 Å². The van der Waals surface area contributed by atoms with Crippen molar-refractivity contribution in [3.63, 3.8) is 0 Å². The maximum absolute atomic E-state index is 12.3. The zero-order valence-electron chi connectivity index (χ0n) is 14.9. The van der Waals surface area contributed by atoms with E-state index in [0.717, 1.165) is 6.08 Å². The van der Waals surface area contributed by atoms with E-state index in [1.54, 1.807) is 60.7 Å². The summed E-state index contributed by atoms with van der Waals surface area (Å²) >= 11 is 0. The zero-order valence-corrected chi connectivity index (χ0v) is 14.9. The third kappa shape index (κ3) is 7.65. The van der Waals surface area contributed by atoms with E-state index in [4.69, 9.17) is 9.47 Å². The van der Waals surface area contributed by atoms with Crippen LogP contribution in [0, 0.1) is 5.92 Å². The molecule has 2 rings (SSSR count). The SMILES string of the molecule is O=C(OCc1ccccc1)C(C/C=C/C(F)(F)F)C(=O)OCc1ccccc1. The molecule has 0 N–H and O–H groups in total. The molecule has 0 unspecified atom stereocenters. The summed E-state index contributed by atoms with van der Waals surface area (Å²) in [7, 11) is 0. The van der Waals surface area contributed by atoms with Gasteiger partial charge in [-0.25, -0.2) is 0 Å². The zero-order chi connectivity index (χ0) is 20.4. The molecule has 0 saturated carbocycles. The highest BCUT2D eigenvalue weighted by atomic mass is 19.4. The molecule has 2 aromatic carbocycles. The molecule has 0 aliphatic heterocycles. The van der Waals surface area contributed by atoms with E-state index in [1.165, 1.54) is 0 Å². The predicted octanol–water partition coefficient (Wildman–Crippen LogP) is 4.60. The Hall–Kier alpha value is -3.09. The Labute approximate surface area is 160 Å². The van der Waals surface area contributed by atoms with Crippen LogP contribution in [0.1, 0.15) is 17.5 Å². The summed E-state index contributed by atoms with van der Waals surface area (Å²) in [6.07, 6.45) is -4.31. The normalized spacial score (nSPS) is 11.6. The van der Waals surface area contributed by atoms with Crippen LogP contribution in [0.4, 0.5) is 13.2 Å². The Morgan fingerprint density at radius 2 is 1.25 bits per heavy atom. The Morgan fingerprint density at radius 1 is 0.821 bits per heavy atom. The van der Waals surface area contributed by atoms with Gasteiger partial charge in [-0.1, -0.05) is 66.7 Å². The molecule has 0 bridgehead atoms. The van der Waals surface area contributed by atoms with Gasteiger partial charge in [0, 0.05) is 6.08 Å². The number of ether oxygens (including phenoxy) is 2. The van der Waals surface area contributed by atoms with Crippen molar-refractivity contribution in [1.82, 2.24) is 0 Å². The van der Waals surface area contributed by atoms with Gasteiger partial charge in [0.1, 0.15) is 13.2 Å². The first kappa shape index (κ1) is 21.2. The number of benzene rings is 2. The second-order valence-electron chi connectivity index (χ2n) is 5.92. The molecule has 2 aromatic rings. The summed E-state index contributed by atoms with van der Waals surface area (Å²) in [5.74, 6) is -3.35. The molecule has 4 nitrogen and oxygen atoms in total. The van der Waals surface area contributed by atoms with Crippen LogP contribution >= 0.6 is 0 Å². The molecule has 0 aliphatic carbocycles. The number of esters is 2. The number of carbonyl (C=O) groups is 2. The molecule has 0 aliphatic rings. The third-order valence-electron chi connectivity index (χ3n) is 3.70.